The molecule has 1 saturated heterocycles. The third-order valence-electron chi connectivity index (χ3n) is 4.41. The summed E-state index contributed by atoms with van der Waals surface area (Å²) in [4.78, 5) is 12.2. The Morgan fingerprint density at radius 3 is 2.72 bits per heavy atom. The van der Waals surface area contributed by atoms with Crippen LogP contribution in [0.15, 0.2) is 23.1 Å². The average Bonchev–Trinajstić information content (AvgIpc) is 3.09. The van der Waals surface area contributed by atoms with Crippen LogP contribution in [0.1, 0.15) is 12.8 Å². The van der Waals surface area contributed by atoms with E-state index < -0.39 is 10.0 Å². The first-order chi connectivity index (χ1) is 12.0. The van der Waals surface area contributed by atoms with Gasteiger partial charge in [0.25, 0.3) is 0 Å². The number of hydrogen-bond donors (Lipinski definition) is 1. The molecule has 0 aromatic heterocycles. The number of hydrogen-bond acceptors (Lipinski definition) is 6. The molecule has 0 radical (unpaired) electrons. The van der Waals surface area contributed by atoms with Crippen molar-refractivity contribution in [3.63, 3.8) is 0 Å². The standard InChI is InChI=1S/C16H22N2O6S/c1-22-9-6-17-16(19)12-4-7-18(8-5-12)25(20,21)13-2-3-14-15(10-13)24-11-23-14/h2-3,10,12H,4-9,11H2,1H3,(H,17,19). The fourth-order valence-corrected chi connectivity index (χ4v) is 4.45. The van der Waals surface area contributed by atoms with Crippen LogP contribution in [0.5, 0.6) is 11.5 Å². The van der Waals surface area contributed by atoms with Crippen LogP contribution in [0.4, 0.5) is 0 Å². The van der Waals surface area contributed by atoms with E-state index in [2.05, 4.69) is 5.32 Å². The summed E-state index contributed by atoms with van der Waals surface area (Å²) >= 11 is 0. The molecule has 2 aliphatic heterocycles. The molecule has 3 rings (SSSR count). The minimum atomic E-state index is -3.61. The lowest BCUT2D eigenvalue weighted by Gasteiger charge is -2.30. The smallest absolute Gasteiger partial charge is 0.243 e. The molecule has 8 nitrogen and oxygen atoms in total. The molecule has 1 amide bonds. The largest absolute Gasteiger partial charge is 0.454 e. The van der Waals surface area contributed by atoms with Crippen molar-refractivity contribution in [2.75, 3.05) is 40.1 Å². The zero-order valence-corrected chi connectivity index (χ0v) is 14.9. The molecule has 0 saturated carbocycles. The lowest BCUT2D eigenvalue weighted by Crippen LogP contribution is -2.43. The van der Waals surface area contributed by atoms with E-state index in [1.807, 2.05) is 0 Å². The lowest BCUT2D eigenvalue weighted by molar-refractivity contribution is -0.126. The monoisotopic (exact) mass is 370 g/mol. The van der Waals surface area contributed by atoms with Gasteiger partial charge in [0.05, 0.1) is 11.5 Å². The van der Waals surface area contributed by atoms with Gasteiger partial charge in [0.15, 0.2) is 11.5 Å². The summed E-state index contributed by atoms with van der Waals surface area (Å²) in [6.07, 6.45) is 1.01. The first-order valence-electron chi connectivity index (χ1n) is 8.19. The fraction of sp³-hybridized carbons (Fsp3) is 0.562. The highest BCUT2D eigenvalue weighted by Gasteiger charge is 2.32. The predicted octanol–water partition coefficient (Wildman–Crippen LogP) is 0.579. The van der Waals surface area contributed by atoms with Gasteiger partial charge in [0.2, 0.25) is 22.7 Å². The van der Waals surface area contributed by atoms with Crippen LogP contribution >= 0.6 is 0 Å². The number of methoxy groups -OCH3 is 1. The second-order valence-corrected chi connectivity index (χ2v) is 7.92. The Bertz CT molecular complexity index is 728. The third kappa shape index (κ3) is 3.88. The number of carbonyl (C=O) groups is 1. The number of benzene rings is 1. The maximum Gasteiger partial charge on any atom is 0.243 e. The summed E-state index contributed by atoms with van der Waals surface area (Å²) in [5, 5.41) is 2.80. The first kappa shape index (κ1) is 18.0. The third-order valence-corrected chi connectivity index (χ3v) is 6.31. The van der Waals surface area contributed by atoms with Crippen LogP contribution in [0.25, 0.3) is 0 Å². The molecule has 0 unspecified atom stereocenters. The Balaban J connectivity index is 1.61. The Morgan fingerprint density at radius 1 is 1.28 bits per heavy atom. The SMILES string of the molecule is COCCNC(=O)C1CCN(S(=O)(=O)c2ccc3c(c2)OCO3)CC1. The first-order valence-corrected chi connectivity index (χ1v) is 9.63. The number of piperidine rings is 1. The molecule has 0 spiro atoms. The number of fused-ring (bicyclic) bond motifs is 1. The van der Waals surface area contributed by atoms with Gasteiger partial charge in [-0.1, -0.05) is 0 Å². The lowest BCUT2D eigenvalue weighted by atomic mass is 9.97. The molecule has 0 bridgehead atoms. The van der Waals surface area contributed by atoms with Crippen molar-refractivity contribution >= 4 is 15.9 Å². The molecular weight excluding hydrogens is 348 g/mol. The van der Waals surface area contributed by atoms with Crippen LogP contribution in [0.2, 0.25) is 0 Å². The molecule has 1 aromatic rings. The van der Waals surface area contributed by atoms with Gasteiger partial charge in [-0.25, -0.2) is 8.42 Å². The summed E-state index contributed by atoms with van der Waals surface area (Å²) < 4.78 is 42.4. The number of carbonyl (C=O) groups excluding carboxylic acids is 1. The van der Waals surface area contributed by atoms with Crippen molar-refractivity contribution in [3.8, 4) is 11.5 Å². The minimum Gasteiger partial charge on any atom is -0.454 e. The maximum atomic E-state index is 12.8. The highest BCUT2D eigenvalue weighted by molar-refractivity contribution is 7.89. The Morgan fingerprint density at radius 2 is 2.00 bits per heavy atom. The van der Waals surface area contributed by atoms with Gasteiger partial charge in [-0.15, -0.1) is 0 Å². The van der Waals surface area contributed by atoms with Crippen molar-refractivity contribution in [3.05, 3.63) is 18.2 Å². The van der Waals surface area contributed by atoms with Crippen molar-refractivity contribution in [1.29, 1.82) is 0 Å². The Kier molecular flexibility index (Phi) is 5.45. The highest BCUT2D eigenvalue weighted by Crippen LogP contribution is 2.35. The topological polar surface area (TPSA) is 94.2 Å². The molecule has 0 aliphatic carbocycles. The average molecular weight is 370 g/mol. The zero-order chi connectivity index (χ0) is 17.9. The van der Waals surface area contributed by atoms with Gasteiger partial charge in [-0.2, -0.15) is 4.31 Å². The quantitative estimate of drug-likeness (QED) is 0.736. The molecule has 138 valence electrons. The van der Waals surface area contributed by atoms with Gasteiger partial charge in [-0.3, -0.25) is 4.79 Å². The molecule has 1 fully saturated rings. The van der Waals surface area contributed by atoms with E-state index in [1.165, 1.54) is 16.4 Å². The van der Waals surface area contributed by atoms with Crippen LogP contribution in [0.3, 0.4) is 0 Å². The molecule has 9 heteroatoms. The van der Waals surface area contributed by atoms with Gasteiger partial charge >= 0.3 is 0 Å². The molecule has 1 aromatic carbocycles. The second-order valence-electron chi connectivity index (χ2n) is 5.98. The van der Waals surface area contributed by atoms with E-state index >= 15 is 0 Å². The van der Waals surface area contributed by atoms with Gasteiger partial charge in [0, 0.05) is 38.7 Å². The molecule has 2 heterocycles. The van der Waals surface area contributed by atoms with Gasteiger partial charge in [0.1, 0.15) is 0 Å². The summed E-state index contributed by atoms with van der Waals surface area (Å²) in [5.74, 6) is 0.774. The molecule has 1 N–H and O–H groups in total. The Hall–Kier alpha value is -1.84. The van der Waals surface area contributed by atoms with E-state index in [-0.39, 0.29) is 23.5 Å². The highest BCUT2D eigenvalue weighted by atomic mass is 32.2. The summed E-state index contributed by atoms with van der Waals surface area (Å²) in [6, 6.07) is 4.61. The summed E-state index contributed by atoms with van der Waals surface area (Å²) in [6.45, 7) is 1.66. The number of rotatable bonds is 6. The van der Waals surface area contributed by atoms with E-state index in [0.29, 0.717) is 50.6 Å². The number of nitrogens with zero attached hydrogens (tertiary/aromatic N) is 1. The van der Waals surface area contributed by atoms with E-state index in [1.54, 1.807) is 13.2 Å². The van der Waals surface area contributed by atoms with Crippen LogP contribution in [-0.4, -0.2) is 58.8 Å². The van der Waals surface area contributed by atoms with Gasteiger partial charge in [-0.05, 0) is 25.0 Å². The molecule has 0 atom stereocenters. The molecular formula is C16H22N2O6S. The Labute approximate surface area is 147 Å². The van der Waals surface area contributed by atoms with Crippen molar-refractivity contribution in [2.45, 2.75) is 17.7 Å². The number of ether oxygens (including phenoxy) is 3. The van der Waals surface area contributed by atoms with Crippen LogP contribution in [-0.2, 0) is 19.6 Å². The van der Waals surface area contributed by atoms with E-state index in [9.17, 15) is 13.2 Å². The second kappa shape index (κ2) is 7.59. The van der Waals surface area contributed by atoms with Crippen molar-refractivity contribution < 1.29 is 27.4 Å². The minimum absolute atomic E-state index is 0.0443. The predicted molar refractivity (Wildman–Crippen MR) is 88.9 cm³/mol. The number of amides is 1. The summed E-state index contributed by atoms with van der Waals surface area (Å²) in [7, 11) is -2.03. The van der Waals surface area contributed by atoms with Crippen molar-refractivity contribution in [2.24, 2.45) is 5.92 Å². The van der Waals surface area contributed by atoms with Crippen LogP contribution < -0.4 is 14.8 Å². The normalized spacial score (nSPS) is 18.3. The molecule has 25 heavy (non-hydrogen) atoms. The fourth-order valence-electron chi connectivity index (χ4n) is 2.97. The van der Waals surface area contributed by atoms with Gasteiger partial charge < -0.3 is 19.5 Å². The number of sulfonamides is 1. The van der Waals surface area contributed by atoms with E-state index in [4.69, 9.17) is 14.2 Å². The van der Waals surface area contributed by atoms with Crippen LogP contribution in [0, 0.1) is 5.92 Å². The maximum absolute atomic E-state index is 12.8. The van der Waals surface area contributed by atoms with Crippen molar-refractivity contribution in [1.82, 2.24) is 9.62 Å². The zero-order valence-electron chi connectivity index (χ0n) is 14.1. The molecule has 2 aliphatic rings. The summed E-state index contributed by atoms with van der Waals surface area (Å²) in [5.41, 5.74) is 0. The van der Waals surface area contributed by atoms with E-state index in [0.717, 1.165) is 0 Å². The number of nitrogens with one attached hydrogen (secondary N) is 1.